The zero-order chi connectivity index (χ0) is 17.1. The Morgan fingerprint density at radius 2 is 1.54 bits per heavy atom. The lowest BCUT2D eigenvalue weighted by Gasteiger charge is -2.12. The van der Waals surface area contributed by atoms with Crippen molar-refractivity contribution in [3.8, 4) is 5.75 Å². The van der Waals surface area contributed by atoms with Gasteiger partial charge >= 0.3 is 6.16 Å². The highest BCUT2D eigenvalue weighted by atomic mass is 19.1. The molecule has 3 nitrogen and oxygen atoms in total. The maximum Gasteiger partial charge on any atom is 0.513 e. The van der Waals surface area contributed by atoms with Gasteiger partial charge in [0, 0.05) is 10.8 Å². The number of unbranched alkanes of at least 4 members (excludes halogenated alkanes) is 1. The predicted molar refractivity (Wildman–Crippen MR) is 88.3 cm³/mol. The van der Waals surface area contributed by atoms with E-state index in [-0.39, 0.29) is 12.4 Å². The summed E-state index contributed by atoms with van der Waals surface area (Å²) in [4.78, 5) is 11.9. The predicted octanol–water partition coefficient (Wildman–Crippen LogP) is 5.59. The van der Waals surface area contributed by atoms with Crippen LogP contribution < -0.4 is 4.74 Å². The summed E-state index contributed by atoms with van der Waals surface area (Å²) in [5.41, 5.74) is 0. The summed E-state index contributed by atoms with van der Waals surface area (Å²) in [7, 11) is 0. The molecule has 0 radical (unpaired) electrons. The lowest BCUT2D eigenvalue weighted by Crippen LogP contribution is -2.12. The normalized spacial score (nSPS) is 11.0. The maximum absolute atomic E-state index is 13.6. The third-order valence-corrected chi connectivity index (χ3v) is 3.73. The van der Waals surface area contributed by atoms with Crippen LogP contribution in [-0.4, -0.2) is 12.8 Å². The molecule has 0 spiro atoms. The summed E-state index contributed by atoms with van der Waals surface area (Å²) in [6.45, 7) is 2.21. The van der Waals surface area contributed by atoms with Crippen molar-refractivity contribution in [1.82, 2.24) is 0 Å². The van der Waals surface area contributed by atoms with Crippen LogP contribution in [-0.2, 0) is 4.74 Å². The smallest absolute Gasteiger partial charge is 0.434 e. The van der Waals surface area contributed by atoms with Crippen molar-refractivity contribution in [1.29, 1.82) is 0 Å². The molecule has 24 heavy (non-hydrogen) atoms. The van der Waals surface area contributed by atoms with E-state index in [1.54, 1.807) is 18.2 Å². The van der Waals surface area contributed by atoms with Gasteiger partial charge < -0.3 is 9.47 Å². The number of fused-ring (bicyclic) bond motifs is 2. The lowest BCUT2D eigenvalue weighted by atomic mass is 10.0. The van der Waals surface area contributed by atoms with Crippen LogP contribution in [0.2, 0.25) is 0 Å². The number of carbonyl (C=O) groups is 1. The van der Waals surface area contributed by atoms with Gasteiger partial charge in [-0.1, -0.05) is 25.5 Å². The van der Waals surface area contributed by atoms with Crippen LogP contribution >= 0.6 is 0 Å². The van der Waals surface area contributed by atoms with E-state index >= 15 is 0 Å². The van der Waals surface area contributed by atoms with Crippen molar-refractivity contribution in [2.24, 2.45) is 0 Å². The number of ether oxygens (including phenoxy) is 2. The second kappa shape index (κ2) is 6.83. The molecule has 3 aromatic carbocycles. The number of carbonyl (C=O) groups excluding carboxylic acids is 1. The molecule has 0 saturated carbocycles. The van der Waals surface area contributed by atoms with Gasteiger partial charge in [0.1, 0.15) is 17.4 Å². The number of halogens is 2. The topological polar surface area (TPSA) is 35.5 Å². The summed E-state index contributed by atoms with van der Waals surface area (Å²) in [5, 5.41) is 2.15. The Kier molecular flexibility index (Phi) is 4.60. The van der Waals surface area contributed by atoms with E-state index in [9.17, 15) is 13.6 Å². The Labute approximate surface area is 137 Å². The molecule has 0 fully saturated rings. The van der Waals surface area contributed by atoms with E-state index in [0.29, 0.717) is 28.0 Å². The minimum Gasteiger partial charge on any atom is -0.434 e. The average Bonchev–Trinajstić information content (AvgIpc) is 2.56. The molecule has 0 atom stereocenters. The van der Waals surface area contributed by atoms with Crippen LogP contribution in [0.3, 0.4) is 0 Å². The third-order valence-electron chi connectivity index (χ3n) is 3.73. The van der Waals surface area contributed by atoms with Gasteiger partial charge in [0.15, 0.2) is 0 Å². The standard InChI is InChI=1S/C19H16F2O3/c1-2-3-8-23-19(22)24-18-16-10-14(20)6-4-12(16)9-13-5-7-15(21)11-17(13)18/h4-7,9-11H,2-3,8H2,1H3. The summed E-state index contributed by atoms with van der Waals surface area (Å²) < 4.78 is 37.6. The fourth-order valence-corrected chi connectivity index (χ4v) is 2.54. The van der Waals surface area contributed by atoms with E-state index < -0.39 is 17.8 Å². The molecule has 3 rings (SSSR count). The molecule has 124 valence electrons. The molecule has 0 unspecified atom stereocenters. The Morgan fingerprint density at radius 1 is 0.958 bits per heavy atom. The van der Waals surface area contributed by atoms with E-state index in [1.165, 1.54) is 24.3 Å². The van der Waals surface area contributed by atoms with Gasteiger partial charge in [0.25, 0.3) is 0 Å². The highest BCUT2D eigenvalue weighted by Gasteiger charge is 2.15. The maximum atomic E-state index is 13.6. The van der Waals surface area contributed by atoms with Crippen LogP contribution in [0, 0.1) is 11.6 Å². The van der Waals surface area contributed by atoms with Gasteiger partial charge in [0.05, 0.1) is 6.61 Å². The minimum atomic E-state index is -0.884. The third kappa shape index (κ3) is 3.30. The molecule has 0 aliphatic rings. The Balaban J connectivity index is 2.11. The number of benzene rings is 3. The molecule has 3 aromatic rings. The zero-order valence-electron chi connectivity index (χ0n) is 13.1. The number of rotatable bonds is 4. The molecule has 0 aliphatic heterocycles. The van der Waals surface area contributed by atoms with Gasteiger partial charge in [-0.15, -0.1) is 0 Å². The quantitative estimate of drug-likeness (QED) is 0.271. The molecule has 0 aromatic heterocycles. The molecular formula is C19H16F2O3. The van der Waals surface area contributed by atoms with Gasteiger partial charge in [-0.2, -0.15) is 0 Å². The monoisotopic (exact) mass is 330 g/mol. The van der Waals surface area contributed by atoms with Gasteiger partial charge in [-0.05, 0) is 47.5 Å². The summed E-state index contributed by atoms with van der Waals surface area (Å²) in [5.74, 6) is -0.840. The van der Waals surface area contributed by atoms with Crippen molar-refractivity contribution in [3.63, 3.8) is 0 Å². The van der Waals surface area contributed by atoms with Crippen LogP contribution in [0.15, 0.2) is 42.5 Å². The van der Waals surface area contributed by atoms with Crippen molar-refractivity contribution in [2.45, 2.75) is 19.8 Å². The molecule has 5 heteroatoms. The zero-order valence-corrected chi connectivity index (χ0v) is 13.1. The van der Waals surface area contributed by atoms with Crippen molar-refractivity contribution >= 4 is 27.7 Å². The summed E-state index contributed by atoms with van der Waals surface area (Å²) in [6.07, 6.45) is 0.709. The second-order valence-electron chi connectivity index (χ2n) is 5.49. The molecule has 0 aliphatic carbocycles. The van der Waals surface area contributed by atoms with E-state index in [2.05, 4.69) is 0 Å². The van der Waals surface area contributed by atoms with E-state index in [0.717, 1.165) is 6.42 Å². The Hall–Kier alpha value is -2.69. The molecule has 0 N–H and O–H groups in total. The highest BCUT2D eigenvalue weighted by molar-refractivity contribution is 6.06. The summed E-state index contributed by atoms with van der Waals surface area (Å²) in [6, 6.07) is 10.1. The van der Waals surface area contributed by atoms with Crippen molar-refractivity contribution in [2.75, 3.05) is 6.61 Å². The highest BCUT2D eigenvalue weighted by Crippen LogP contribution is 2.36. The Morgan fingerprint density at radius 3 is 2.08 bits per heavy atom. The first-order valence-corrected chi connectivity index (χ1v) is 7.74. The molecule has 0 amide bonds. The van der Waals surface area contributed by atoms with Gasteiger partial charge in [-0.25, -0.2) is 13.6 Å². The Bertz CT molecular complexity index is 846. The van der Waals surface area contributed by atoms with E-state index in [1.807, 2.05) is 6.92 Å². The van der Waals surface area contributed by atoms with Gasteiger partial charge in [0.2, 0.25) is 0 Å². The fraction of sp³-hybridized carbons (Fsp3) is 0.211. The summed E-state index contributed by atoms with van der Waals surface area (Å²) >= 11 is 0. The molecular weight excluding hydrogens is 314 g/mol. The first-order valence-electron chi connectivity index (χ1n) is 7.74. The van der Waals surface area contributed by atoms with E-state index in [4.69, 9.17) is 9.47 Å². The molecule has 0 bridgehead atoms. The van der Waals surface area contributed by atoms with Gasteiger partial charge in [-0.3, -0.25) is 0 Å². The first kappa shape index (κ1) is 16.2. The number of hydrogen-bond donors (Lipinski definition) is 0. The van der Waals surface area contributed by atoms with Crippen LogP contribution in [0.1, 0.15) is 19.8 Å². The largest absolute Gasteiger partial charge is 0.513 e. The SMILES string of the molecule is CCCCOC(=O)Oc1c2cc(F)ccc2cc2ccc(F)cc12. The molecule has 0 saturated heterocycles. The van der Waals surface area contributed by atoms with Crippen molar-refractivity contribution < 1.29 is 23.0 Å². The lowest BCUT2D eigenvalue weighted by molar-refractivity contribution is 0.0988. The van der Waals surface area contributed by atoms with Crippen molar-refractivity contribution in [3.05, 3.63) is 54.1 Å². The molecule has 0 heterocycles. The second-order valence-corrected chi connectivity index (χ2v) is 5.49. The number of hydrogen-bond acceptors (Lipinski definition) is 3. The minimum absolute atomic E-state index is 0.1000. The van der Waals surface area contributed by atoms with Crippen LogP contribution in [0.5, 0.6) is 5.75 Å². The van der Waals surface area contributed by atoms with Crippen LogP contribution in [0.4, 0.5) is 13.6 Å². The van der Waals surface area contributed by atoms with Crippen LogP contribution in [0.25, 0.3) is 21.5 Å². The first-order chi connectivity index (χ1) is 11.6. The average molecular weight is 330 g/mol. The fourth-order valence-electron chi connectivity index (χ4n) is 2.54.